The summed E-state index contributed by atoms with van der Waals surface area (Å²) < 4.78 is 1.84. The molecule has 6 nitrogen and oxygen atoms in total. The van der Waals surface area contributed by atoms with Crippen molar-refractivity contribution in [3.8, 4) is 0 Å². The molecule has 1 aliphatic heterocycles. The first kappa shape index (κ1) is 16.2. The number of piperazine rings is 1. The number of nitrogens with zero attached hydrogens (tertiary/aromatic N) is 3. The fourth-order valence-corrected chi connectivity index (χ4v) is 3.87. The molecule has 0 radical (unpaired) electrons. The number of hydrogen-bond acceptors (Lipinski definition) is 4. The third-order valence-electron chi connectivity index (χ3n) is 5.51. The van der Waals surface area contributed by atoms with Gasteiger partial charge in [-0.1, -0.05) is 0 Å². The lowest BCUT2D eigenvalue weighted by Crippen LogP contribution is -2.54. The number of aryl methyl sites for hydroxylation is 1. The SMILES string of the molecule is CC1CN(C2CCc3c(n(C)cc(C(=O)O)c3=O)C2)CCN1C. The lowest BCUT2D eigenvalue weighted by Gasteiger charge is -2.43. The lowest BCUT2D eigenvalue weighted by atomic mass is 9.89. The summed E-state index contributed by atoms with van der Waals surface area (Å²) in [5, 5.41) is 9.18. The standard InChI is InChI=1S/C17H25N3O3/c1-11-9-20(7-6-18(11)2)12-4-5-13-15(8-12)19(3)10-14(16(13)21)17(22)23/h10-12H,4-9H2,1-3H3,(H,22,23). The van der Waals surface area contributed by atoms with Gasteiger partial charge in [-0.3, -0.25) is 9.69 Å². The molecule has 3 rings (SSSR count). The molecule has 2 heterocycles. The second kappa shape index (κ2) is 6.09. The first-order chi connectivity index (χ1) is 10.9. The van der Waals surface area contributed by atoms with Crippen LogP contribution in [0.1, 0.15) is 35.0 Å². The fraction of sp³-hybridized carbons (Fsp3) is 0.647. The predicted molar refractivity (Wildman–Crippen MR) is 88.1 cm³/mol. The number of carboxylic acids is 1. The number of carboxylic acid groups (broad SMARTS) is 1. The third-order valence-corrected chi connectivity index (χ3v) is 5.51. The molecule has 0 bridgehead atoms. The van der Waals surface area contributed by atoms with Gasteiger partial charge in [0.15, 0.2) is 5.43 Å². The van der Waals surface area contributed by atoms with Gasteiger partial charge in [-0.15, -0.1) is 0 Å². The Bertz CT molecular complexity index is 682. The van der Waals surface area contributed by atoms with E-state index in [9.17, 15) is 14.7 Å². The van der Waals surface area contributed by atoms with E-state index in [0.717, 1.165) is 38.2 Å². The summed E-state index contributed by atoms with van der Waals surface area (Å²) in [4.78, 5) is 28.5. The van der Waals surface area contributed by atoms with Crippen LogP contribution in [0.15, 0.2) is 11.0 Å². The van der Waals surface area contributed by atoms with Gasteiger partial charge in [0, 0.05) is 62.6 Å². The smallest absolute Gasteiger partial charge is 0.341 e. The van der Waals surface area contributed by atoms with E-state index in [0.29, 0.717) is 24.1 Å². The minimum atomic E-state index is -1.14. The molecule has 0 amide bonds. The third kappa shape index (κ3) is 2.93. The summed E-state index contributed by atoms with van der Waals surface area (Å²) in [6.07, 6.45) is 3.91. The maximum atomic E-state index is 12.4. The molecule has 1 aromatic rings. The topological polar surface area (TPSA) is 65.8 Å². The molecule has 6 heteroatoms. The Morgan fingerprint density at radius 3 is 2.70 bits per heavy atom. The van der Waals surface area contributed by atoms with E-state index in [4.69, 9.17) is 0 Å². The average Bonchev–Trinajstić information content (AvgIpc) is 2.52. The van der Waals surface area contributed by atoms with Crippen LogP contribution in [0.2, 0.25) is 0 Å². The van der Waals surface area contributed by atoms with Gasteiger partial charge < -0.3 is 14.6 Å². The molecule has 2 unspecified atom stereocenters. The Kier molecular flexibility index (Phi) is 4.29. The molecular weight excluding hydrogens is 294 g/mol. The highest BCUT2D eigenvalue weighted by atomic mass is 16.4. The van der Waals surface area contributed by atoms with Crippen molar-refractivity contribution in [3.63, 3.8) is 0 Å². The van der Waals surface area contributed by atoms with Crippen LogP contribution in [0.3, 0.4) is 0 Å². The van der Waals surface area contributed by atoms with Crippen LogP contribution in [0.25, 0.3) is 0 Å². The van der Waals surface area contributed by atoms with Crippen LogP contribution in [0.5, 0.6) is 0 Å². The molecule has 1 aliphatic carbocycles. The monoisotopic (exact) mass is 319 g/mol. The largest absolute Gasteiger partial charge is 0.477 e. The highest BCUT2D eigenvalue weighted by Crippen LogP contribution is 2.24. The molecule has 2 aliphatic rings. The highest BCUT2D eigenvalue weighted by molar-refractivity contribution is 5.87. The van der Waals surface area contributed by atoms with Gasteiger partial charge in [0.25, 0.3) is 0 Å². The molecule has 23 heavy (non-hydrogen) atoms. The number of likely N-dealkylation sites (N-methyl/N-ethyl adjacent to an activating group) is 1. The molecule has 2 atom stereocenters. The van der Waals surface area contributed by atoms with E-state index in [1.165, 1.54) is 6.20 Å². The lowest BCUT2D eigenvalue weighted by molar-refractivity contribution is 0.0654. The first-order valence-corrected chi connectivity index (χ1v) is 8.27. The van der Waals surface area contributed by atoms with Crippen molar-refractivity contribution in [2.75, 3.05) is 26.7 Å². The molecule has 1 saturated heterocycles. The van der Waals surface area contributed by atoms with E-state index < -0.39 is 5.97 Å². The molecule has 1 aromatic heterocycles. The van der Waals surface area contributed by atoms with Gasteiger partial charge in [0.2, 0.25) is 0 Å². The fourth-order valence-electron chi connectivity index (χ4n) is 3.87. The van der Waals surface area contributed by atoms with E-state index >= 15 is 0 Å². The van der Waals surface area contributed by atoms with E-state index in [2.05, 4.69) is 23.8 Å². The molecule has 126 valence electrons. The second-order valence-corrected chi connectivity index (χ2v) is 6.93. The van der Waals surface area contributed by atoms with Gasteiger partial charge in [-0.25, -0.2) is 4.79 Å². The minimum absolute atomic E-state index is 0.113. The number of fused-ring (bicyclic) bond motifs is 1. The van der Waals surface area contributed by atoms with Crippen LogP contribution < -0.4 is 5.43 Å². The molecular formula is C17H25N3O3. The predicted octanol–water partition coefficient (Wildman–Crippen LogP) is 0.577. The van der Waals surface area contributed by atoms with Gasteiger partial charge in [-0.05, 0) is 26.8 Å². The van der Waals surface area contributed by atoms with E-state index in [-0.39, 0.29) is 11.0 Å². The quantitative estimate of drug-likeness (QED) is 0.864. The number of aromatic carboxylic acids is 1. The zero-order valence-corrected chi connectivity index (χ0v) is 14.1. The molecule has 0 aromatic carbocycles. The summed E-state index contributed by atoms with van der Waals surface area (Å²) in [7, 11) is 4.01. The molecule has 0 saturated carbocycles. The van der Waals surface area contributed by atoms with Gasteiger partial charge in [-0.2, -0.15) is 0 Å². The van der Waals surface area contributed by atoms with Crippen LogP contribution in [0, 0.1) is 0 Å². The maximum absolute atomic E-state index is 12.4. The van der Waals surface area contributed by atoms with Crippen molar-refractivity contribution in [1.29, 1.82) is 0 Å². The van der Waals surface area contributed by atoms with Crippen molar-refractivity contribution in [2.45, 2.75) is 38.3 Å². The van der Waals surface area contributed by atoms with Crippen molar-refractivity contribution >= 4 is 5.97 Å². The Morgan fingerprint density at radius 1 is 1.30 bits per heavy atom. The van der Waals surface area contributed by atoms with Crippen molar-refractivity contribution < 1.29 is 9.90 Å². The maximum Gasteiger partial charge on any atom is 0.341 e. The zero-order valence-electron chi connectivity index (χ0n) is 14.1. The van der Waals surface area contributed by atoms with Gasteiger partial charge in [0.05, 0.1) is 0 Å². The zero-order chi connectivity index (χ0) is 16.7. The van der Waals surface area contributed by atoms with Gasteiger partial charge >= 0.3 is 5.97 Å². The van der Waals surface area contributed by atoms with Gasteiger partial charge in [0.1, 0.15) is 5.56 Å². The summed E-state index contributed by atoms with van der Waals surface area (Å²) in [5.41, 5.74) is 1.29. The Labute approximate surface area is 136 Å². The Balaban J connectivity index is 1.86. The van der Waals surface area contributed by atoms with Crippen molar-refractivity contribution in [3.05, 3.63) is 33.2 Å². The molecule has 1 N–H and O–H groups in total. The number of rotatable bonds is 2. The normalized spacial score (nSPS) is 26.0. The summed E-state index contributed by atoms with van der Waals surface area (Å²) >= 11 is 0. The Morgan fingerprint density at radius 2 is 2.04 bits per heavy atom. The van der Waals surface area contributed by atoms with Crippen LogP contribution in [-0.2, 0) is 19.9 Å². The summed E-state index contributed by atoms with van der Waals surface area (Å²) in [6.45, 7) is 5.43. The molecule has 1 fully saturated rings. The van der Waals surface area contributed by atoms with Crippen molar-refractivity contribution in [1.82, 2.24) is 14.4 Å². The number of aromatic nitrogens is 1. The number of pyridine rings is 1. The molecule has 0 spiro atoms. The number of carbonyl (C=O) groups is 1. The first-order valence-electron chi connectivity index (χ1n) is 8.27. The second-order valence-electron chi connectivity index (χ2n) is 6.93. The minimum Gasteiger partial charge on any atom is -0.477 e. The Hall–Kier alpha value is -1.66. The van der Waals surface area contributed by atoms with Crippen LogP contribution in [-0.4, -0.2) is 64.2 Å². The van der Waals surface area contributed by atoms with E-state index in [1.54, 1.807) is 0 Å². The number of hydrogen-bond donors (Lipinski definition) is 1. The average molecular weight is 319 g/mol. The van der Waals surface area contributed by atoms with Crippen LogP contribution >= 0.6 is 0 Å². The summed E-state index contributed by atoms with van der Waals surface area (Å²) in [5.74, 6) is -1.14. The highest BCUT2D eigenvalue weighted by Gasteiger charge is 2.31. The van der Waals surface area contributed by atoms with Crippen LogP contribution in [0.4, 0.5) is 0 Å². The van der Waals surface area contributed by atoms with E-state index in [1.807, 2.05) is 11.6 Å². The summed E-state index contributed by atoms with van der Waals surface area (Å²) in [6, 6.07) is 0.989. The van der Waals surface area contributed by atoms with Crippen molar-refractivity contribution in [2.24, 2.45) is 7.05 Å².